The Morgan fingerprint density at radius 1 is 1.25 bits per heavy atom. The van der Waals surface area contributed by atoms with E-state index in [4.69, 9.17) is 5.73 Å². The number of aromatic nitrogens is 1. The number of nitrogens with two attached hydrogens (primary N) is 1. The van der Waals surface area contributed by atoms with Crippen LogP contribution < -0.4 is 5.73 Å². The minimum atomic E-state index is -0.376. The van der Waals surface area contributed by atoms with E-state index in [9.17, 15) is 9.50 Å². The normalized spacial score (nSPS) is 10.4. The molecule has 3 N–H and O–H groups in total. The number of phenols is 1. The average molecular weight is 218 g/mol. The molecule has 82 valence electrons. The lowest BCUT2D eigenvalue weighted by Gasteiger charge is -2.06. The van der Waals surface area contributed by atoms with Gasteiger partial charge in [-0.2, -0.15) is 0 Å². The number of anilines is 1. The Balaban J connectivity index is 2.58. The van der Waals surface area contributed by atoms with Gasteiger partial charge in [0.2, 0.25) is 0 Å². The zero-order valence-electron chi connectivity index (χ0n) is 8.74. The first kappa shape index (κ1) is 10.4. The third-order valence-corrected chi connectivity index (χ3v) is 2.22. The summed E-state index contributed by atoms with van der Waals surface area (Å²) >= 11 is 0. The molecule has 0 aliphatic heterocycles. The van der Waals surface area contributed by atoms with Gasteiger partial charge >= 0.3 is 0 Å². The van der Waals surface area contributed by atoms with Crippen molar-refractivity contribution >= 4 is 5.69 Å². The molecule has 0 unspecified atom stereocenters. The molecule has 1 heterocycles. The van der Waals surface area contributed by atoms with E-state index >= 15 is 0 Å². The number of phenolic OH excluding ortho intramolecular Hbond substituents is 1. The van der Waals surface area contributed by atoms with Gasteiger partial charge in [-0.15, -0.1) is 0 Å². The van der Waals surface area contributed by atoms with Gasteiger partial charge in [-0.3, -0.25) is 4.98 Å². The lowest BCUT2D eigenvalue weighted by molar-refractivity contribution is 0.477. The van der Waals surface area contributed by atoms with Crippen LogP contribution in [0, 0.1) is 12.7 Å². The maximum absolute atomic E-state index is 13.2. The number of halogens is 1. The first-order chi connectivity index (χ1) is 7.56. The first-order valence-electron chi connectivity index (χ1n) is 4.79. The van der Waals surface area contributed by atoms with Crippen molar-refractivity contribution in [2.24, 2.45) is 0 Å². The Morgan fingerprint density at radius 2 is 2.00 bits per heavy atom. The van der Waals surface area contributed by atoms with E-state index in [0.717, 1.165) is 0 Å². The van der Waals surface area contributed by atoms with Gasteiger partial charge in [0, 0.05) is 29.1 Å². The van der Waals surface area contributed by atoms with Crippen LogP contribution in [0.3, 0.4) is 0 Å². The molecule has 1 aromatic carbocycles. The second-order valence-electron chi connectivity index (χ2n) is 3.59. The summed E-state index contributed by atoms with van der Waals surface area (Å²) in [4.78, 5) is 4.15. The highest BCUT2D eigenvalue weighted by molar-refractivity contribution is 5.69. The van der Waals surface area contributed by atoms with E-state index in [1.807, 2.05) is 0 Å². The van der Waals surface area contributed by atoms with Gasteiger partial charge in [0.25, 0.3) is 0 Å². The number of hydrogen-bond donors (Lipinski definition) is 2. The highest BCUT2D eigenvalue weighted by Gasteiger charge is 2.07. The average Bonchev–Trinajstić information content (AvgIpc) is 2.15. The van der Waals surface area contributed by atoms with Crippen LogP contribution in [0.5, 0.6) is 5.75 Å². The van der Waals surface area contributed by atoms with Crippen molar-refractivity contribution in [2.45, 2.75) is 6.92 Å². The van der Waals surface area contributed by atoms with Crippen LogP contribution in [0.1, 0.15) is 5.69 Å². The summed E-state index contributed by atoms with van der Waals surface area (Å²) in [5.41, 5.74) is 7.39. The number of aryl methyl sites for hydroxylation is 1. The third kappa shape index (κ3) is 1.95. The number of benzene rings is 1. The van der Waals surface area contributed by atoms with Crippen LogP contribution in [0.15, 0.2) is 30.3 Å². The maximum atomic E-state index is 13.2. The summed E-state index contributed by atoms with van der Waals surface area (Å²) in [7, 11) is 0. The molecule has 0 spiro atoms. The van der Waals surface area contributed by atoms with Gasteiger partial charge in [0.1, 0.15) is 11.6 Å². The van der Waals surface area contributed by atoms with Crippen molar-refractivity contribution in [2.75, 3.05) is 5.73 Å². The predicted molar refractivity (Wildman–Crippen MR) is 60.4 cm³/mol. The monoisotopic (exact) mass is 218 g/mol. The fourth-order valence-electron chi connectivity index (χ4n) is 1.53. The summed E-state index contributed by atoms with van der Waals surface area (Å²) < 4.78 is 13.2. The van der Waals surface area contributed by atoms with Crippen LogP contribution >= 0.6 is 0 Å². The van der Waals surface area contributed by atoms with Gasteiger partial charge in [-0.1, -0.05) is 0 Å². The minimum Gasteiger partial charge on any atom is -0.507 e. The molecule has 3 nitrogen and oxygen atoms in total. The summed E-state index contributed by atoms with van der Waals surface area (Å²) in [6.45, 7) is 1.70. The molecule has 0 atom stereocenters. The molecule has 2 rings (SSSR count). The predicted octanol–water partition coefficient (Wildman–Crippen LogP) is 2.48. The zero-order valence-corrected chi connectivity index (χ0v) is 8.74. The molecule has 0 aliphatic carbocycles. The number of rotatable bonds is 1. The van der Waals surface area contributed by atoms with E-state index < -0.39 is 0 Å². The van der Waals surface area contributed by atoms with Gasteiger partial charge < -0.3 is 10.8 Å². The van der Waals surface area contributed by atoms with Crippen LogP contribution in [-0.4, -0.2) is 10.1 Å². The lowest BCUT2D eigenvalue weighted by Crippen LogP contribution is -1.91. The van der Waals surface area contributed by atoms with Gasteiger partial charge in [-0.25, -0.2) is 4.39 Å². The van der Waals surface area contributed by atoms with E-state index in [0.29, 0.717) is 22.6 Å². The van der Waals surface area contributed by atoms with Crippen LogP contribution in [0.4, 0.5) is 10.1 Å². The third-order valence-electron chi connectivity index (χ3n) is 2.22. The molecule has 16 heavy (non-hydrogen) atoms. The van der Waals surface area contributed by atoms with Crippen molar-refractivity contribution in [3.05, 3.63) is 41.8 Å². The molecule has 0 saturated carbocycles. The van der Waals surface area contributed by atoms with Crippen LogP contribution in [0.2, 0.25) is 0 Å². The number of hydrogen-bond acceptors (Lipinski definition) is 3. The van der Waals surface area contributed by atoms with Gasteiger partial charge in [-0.05, 0) is 25.1 Å². The molecule has 0 radical (unpaired) electrons. The van der Waals surface area contributed by atoms with E-state index in [-0.39, 0.29) is 11.6 Å². The van der Waals surface area contributed by atoms with Gasteiger partial charge in [0.05, 0.1) is 5.69 Å². The fourth-order valence-corrected chi connectivity index (χ4v) is 1.53. The number of nitrogens with zero attached hydrogens (tertiary/aromatic N) is 1. The second kappa shape index (κ2) is 3.81. The van der Waals surface area contributed by atoms with Crippen molar-refractivity contribution < 1.29 is 9.50 Å². The Morgan fingerprint density at radius 3 is 2.62 bits per heavy atom. The first-order valence-corrected chi connectivity index (χ1v) is 4.79. The van der Waals surface area contributed by atoms with Crippen molar-refractivity contribution in [3.63, 3.8) is 0 Å². The molecule has 4 heteroatoms. The molecule has 0 aliphatic rings. The standard InChI is InChI=1S/C12H11FN2O/c1-7-4-8(13)5-11(15-7)10-3-2-9(14)6-12(10)16/h2-6,16H,14H2,1H3. The van der Waals surface area contributed by atoms with Crippen LogP contribution in [0.25, 0.3) is 11.3 Å². The minimum absolute atomic E-state index is 0.00231. The topological polar surface area (TPSA) is 59.1 Å². The lowest BCUT2D eigenvalue weighted by atomic mass is 10.1. The zero-order chi connectivity index (χ0) is 11.7. The molecular formula is C12H11FN2O. The van der Waals surface area contributed by atoms with Gasteiger partial charge in [0.15, 0.2) is 0 Å². The molecule has 0 amide bonds. The molecule has 2 aromatic rings. The van der Waals surface area contributed by atoms with Crippen molar-refractivity contribution in [1.82, 2.24) is 4.98 Å². The Labute approximate surface area is 92.4 Å². The molecule has 0 saturated heterocycles. The van der Waals surface area contributed by atoms with Crippen molar-refractivity contribution in [3.8, 4) is 17.0 Å². The fraction of sp³-hybridized carbons (Fsp3) is 0.0833. The number of pyridine rings is 1. The van der Waals surface area contributed by atoms with E-state index in [1.165, 1.54) is 18.2 Å². The Hall–Kier alpha value is -2.10. The maximum Gasteiger partial charge on any atom is 0.127 e. The van der Waals surface area contributed by atoms with E-state index in [2.05, 4.69) is 4.98 Å². The highest BCUT2D eigenvalue weighted by Crippen LogP contribution is 2.29. The SMILES string of the molecule is Cc1cc(F)cc(-c2ccc(N)cc2O)n1. The van der Waals surface area contributed by atoms with Crippen molar-refractivity contribution in [1.29, 1.82) is 0 Å². The summed E-state index contributed by atoms with van der Waals surface area (Å²) in [6.07, 6.45) is 0. The summed E-state index contributed by atoms with van der Waals surface area (Å²) in [5, 5.41) is 9.68. The Bertz CT molecular complexity index is 520. The Kier molecular flexibility index (Phi) is 2.48. The van der Waals surface area contributed by atoms with Crippen LogP contribution in [-0.2, 0) is 0 Å². The quantitative estimate of drug-likeness (QED) is 0.723. The smallest absolute Gasteiger partial charge is 0.127 e. The molecule has 0 bridgehead atoms. The number of nitrogen functional groups attached to an aromatic ring is 1. The summed E-state index contributed by atoms with van der Waals surface area (Å²) in [6, 6.07) is 7.27. The molecular weight excluding hydrogens is 207 g/mol. The summed E-state index contributed by atoms with van der Waals surface area (Å²) in [5.74, 6) is -0.378. The largest absolute Gasteiger partial charge is 0.507 e. The van der Waals surface area contributed by atoms with E-state index in [1.54, 1.807) is 19.1 Å². The highest BCUT2D eigenvalue weighted by atomic mass is 19.1. The molecule has 1 aromatic heterocycles. The second-order valence-corrected chi connectivity index (χ2v) is 3.59. The number of aromatic hydroxyl groups is 1. The molecule has 0 fully saturated rings.